The molecule has 8 nitrogen and oxygen atoms in total. The molecular weight excluding hydrogens is 358 g/mol. The molecule has 0 aliphatic heterocycles. The van der Waals surface area contributed by atoms with Crippen molar-refractivity contribution in [3.05, 3.63) is 82.5 Å². The number of pyridine rings is 1. The number of nitrogens with one attached hydrogen (secondary N) is 2. The molecule has 0 spiro atoms. The van der Waals surface area contributed by atoms with Crippen LogP contribution in [-0.4, -0.2) is 34.1 Å². The predicted octanol–water partition coefficient (Wildman–Crippen LogP) is 2.06. The molecule has 0 radical (unpaired) electrons. The van der Waals surface area contributed by atoms with E-state index in [4.69, 9.17) is 4.74 Å². The largest absolute Gasteiger partial charge is 0.383 e. The van der Waals surface area contributed by atoms with Gasteiger partial charge in [0.25, 0.3) is 5.56 Å². The van der Waals surface area contributed by atoms with Crippen molar-refractivity contribution in [1.29, 1.82) is 0 Å². The molecule has 28 heavy (non-hydrogen) atoms. The molecule has 0 unspecified atom stereocenters. The van der Waals surface area contributed by atoms with Gasteiger partial charge in [0.05, 0.1) is 31.6 Å². The van der Waals surface area contributed by atoms with Gasteiger partial charge in [-0.15, -0.1) is 0 Å². The van der Waals surface area contributed by atoms with E-state index in [2.05, 4.69) is 15.7 Å². The van der Waals surface area contributed by atoms with Gasteiger partial charge in [-0.3, -0.25) is 9.48 Å². The van der Waals surface area contributed by atoms with Crippen LogP contribution in [0, 0.1) is 0 Å². The standard InChI is InChI=1S/C20H23N5O3/c1-28-11-10-25-15-18(13-22-25)23-20(27)21-12-16-5-7-17(8-6-16)14-24-9-3-2-4-19(24)26/h2-9,13,15H,10-12,14H2,1H3,(H2,21,23,27). The van der Waals surface area contributed by atoms with E-state index in [9.17, 15) is 9.59 Å². The molecule has 146 valence electrons. The lowest BCUT2D eigenvalue weighted by atomic mass is 10.1. The van der Waals surface area contributed by atoms with Gasteiger partial charge in [0.1, 0.15) is 0 Å². The third-order valence-electron chi connectivity index (χ3n) is 4.14. The molecule has 2 aromatic heterocycles. The third kappa shape index (κ3) is 5.55. The number of anilines is 1. The second-order valence-electron chi connectivity index (χ2n) is 6.28. The van der Waals surface area contributed by atoms with Crippen LogP contribution in [0.2, 0.25) is 0 Å². The molecule has 2 N–H and O–H groups in total. The van der Waals surface area contributed by atoms with E-state index in [0.717, 1.165) is 11.1 Å². The van der Waals surface area contributed by atoms with Gasteiger partial charge in [0.15, 0.2) is 0 Å². The first-order valence-corrected chi connectivity index (χ1v) is 8.93. The van der Waals surface area contributed by atoms with E-state index < -0.39 is 0 Å². The normalized spacial score (nSPS) is 10.6. The summed E-state index contributed by atoms with van der Waals surface area (Å²) in [6.45, 7) is 2.10. The van der Waals surface area contributed by atoms with Crippen LogP contribution in [0.15, 0.2) is 65.8 Å². The van der Waals surface area contributed by atoms with Gasteiger partial charge >= 0.3 is 6.03 Å². The average Bonchev–Trinajstić information content (AvgIpc) is 3.15. The fraction of sp³-hybridized carbons (Fsp3) is 0.250. The molecule has 3 aromatic rings. The fourth-order valence-electron chi connectivity index (χ4n) is 2.64. The SMILES string of the molecule is COCCn1cc(NC(=O)NCc2ccc(Cn3ccccc3=O)cc2)cn1. The molecule has 0 bridgehead atoms. The number of ether oxygens (including phenoxy) is 1. The molecule has 0 aliphatic carbocycles. The van der Waals surface area contributed by atoms with Crippen LogP contribution in [0.25, 0.3) is 0 Å². The highest BCUT2D eigenvalue weighted by Gasteiger charge is 2.05. The molecule has 2 heterocycles. The molecule has 0 fully saturated rings. The van der Waals surface area contributed by atoms with Gasteiger partial charge in [-0.2, -0.15) is 5.10 Å². The van der Waals surface area contributed by atoms with Crippen molar-refractivity contribution < 1.29 is 9.53 Å². The summed E-state index contributed by atoms with van der Waals surface area (Å²) in [4.78, 5) is 23.8. The zero-order valence-electron chi connectivity index (χ0n) is 15.7. The highest BCUT2D eigenvalue weighted by molar-refractivity contribution is 5.88. The molecule has 1 aromatic carbocycles. The van der Waals surface area contributed by atoms with Crippen LogP contribution >= 0.6 is 0 Å². The van der Waals surface area contributed by atoms with E-state index in [1.165, 1.54) is 6.07 Å². The molecule has 8 heteroatoms. The van der Waals surface area contributed by atoms with Crippen LogP contribution in [0.5, 0.6) is 0 Å². The Kier molecular flexibility index (Phi) is 6.59. The van der Waals surface area contributed by atoms with Crippen molar-refractivity contribution in [3.63, 3.8) is 0 Å². The molecule has 2 amide bonds. The highest BCUT2D eigenvalue weighted by Crippen LogP contribution is 2.07. The van der Waals surface area contributed by atoms with Crippen LogP contribution in [-0.2, 0) is 24.4 Å². The molecular formula is C20H23N5O3. The maximum atomic E-state index is 12.0. The minimum atomic E-state index is -0.300. The van der Waals surface area contributed by atoms with E-state index in [-0.39, 0.29) is 11.6 Å². The Morgan fingerprint density at radius 3 is 2.68 bits per heavy atom. The first kappa shape index (κ1) is 19.4. The lowest BCUT2D eigenvalue weighted by molar-refractivity contribution is 0.183. The van der Waals surface area contributed by atoms with Crippen molar-refractivity contribution in [3.8, 4) is 0 Å². The van der Waals surface area contributed by atoms with E-state index in [0.29, 0.717) is 31.9 Å². The minimum absolute atomic E-state index is 0.0320. The molecule has 0 saturated carbocycles. The maximum Gasteiger partial charge on any atom is 0.319 e. The quantitative estimate of drug-likeness (QED) is 0.625. The van der Waals surface area contributed by atoms with Gasteiger partial charge in [-0.25, -0.2) is 4.79 Å². The Hall–Kier alpha value is -3.39. The fourth-order valence-corrected chi connectivity index (χ4v) is 2.64. The van der Waals surface area contributed by atoms with Crippen LogP contribution in [0.3, 0.4) is 0 Å². The topological polar surface area (TPSA) is 90.2 Å². The summed E-state index contributed by atoms with van der Waals surface area (Å²) in [5.41, 5.74) is 2.58. The molecule has 0 atom stereocenters. The van der Waals surface area contributed by atoms with Gasteiger partial charge < -0.3 is 19.9 Å². The van der Waals surface area contributed by atoms with Gasteiger partial charge in [0, 0.05) is 32.1 Å². The van der Waals surface area contributed by atoms with Crippen molar-refractivity contribution in [2.75, 3.05) is 19.0 Å². The maximum absolute atomic E-state index is 12.0. The van der Waals surface area contributed by atoms with Crippen molar-refractivity contribution in [2.24, 2.45) is 0 Å². The summed E-state index contributed by atoms with van der Waals surface area (Å²) in [5.74, 6) is 0. The second-order valence-corrected chi connectivity index (χ2v) is 6.28. The second kappa shape index (κ2) is 9.52. The Morgan fingerprint density at radius 1 is 1.14 bits per heavy atom. The smallest absolute Gasteiger partial charge is 0.319 e. The molecule has 0 saturated heterocycles. The number of benzene rings is 1. The molecule has 3 rings (SSSR count). The minimum Gasteiger partial charge on any atom is -0.383 e. The van der Waals surface area contributed by atoms with Crippen LogP contribution in [0.4, 0.5) is 10.5 Å². The Balaban J connectivity index is 1.48. The molecule has 0 aliphatic rings. The van der Waals surface area contributed by atoms with Crippen molar-refractivity contribution in [1.82, 2.24) is 19.7 Å². The average molecular weight is 381 g/mol. The summed E-state index contributed by atoms with van der Waals surface area (Å²) in [5, 5.41) is 9.70. The first-order chi connectivity index (χ1) is 13.6. The number of carbonyl (C=O) groups excluding carboxylic acids is 1. The summed E-state index contributed by atoms with van der Waals surface area (Å²) in [7, 11) is 1.63. The number of nitrogens with zero attached hydrogens (tertiary/aromatic N) is 3. The number of methoxy groups -OCH3 is 1. The number of hydrogen-bond donors (Lipinski definition) is 2. The van der Waals surface area contributed by atoms with Gasteiger partial charge in [0.2, 0.25) is 0 Å². The highest BCUT2D eigenvalue weighted by atomic mass is 16.5. The third-order valence-corrected chi connectivity index (χ3v) is 4.14. The van der Waals surface area contributed by atoms with Gasteiger partial charge in [-0.05, 0) is 17.2 Å². The van der Waals surface area contributed by atoms with E-state index in [1.807, 2.05) is 30.3 Å². The number of hydrogen-bond acceptors (Lipinski definition) is 4. The zero-order valence-corrected chi connectivity index (χ0v) is 15.7. The van der Waals surface area contributed by atoms with Crippen molar-refractivity contribution in [2.45, 2.75) is 19.6 Å². The van der Waals surface area contributed by atoms with Crippen LogP contribution < -0.4 is 16.2 Å². The lowest BCUT2D eigenvalue weighted by Crippen LogP contribution is -2.28. The number of urea groups is 1. The summed E-state index contributed by atoms with van der Waals surface area (Å²) in [6, 6.07) is 12.6. The van der Waals surface area contributed by atoms with E-state index in [1.54, 1.807) is 41.0 Å². The first-order valence-electron chi connectivity index (χ1n) is 8.93. The van der Waals surface area contributed by atoms with Crippen molar-refractivity contribution >= 4 is 11.7 Å². The summed E-state index contributed by atoms with van der Waals surface area (Å²) >= 11 is 0. The van der Waals surface area contributed by atoms with Gasteiger partial charge in [-0.1, -0.05) is 30.3 Å². The Labute approximate surface area is 162 Å². The monoisotopic (exact) mass is 381 g/mol. The van der Waals surface area contributed by atoms with Crippen LogP contribution in [0.1, 0.15) is 11.1 Å². The number of carbonyl (C=O) groups is 1. The lowest BCUT2D eigenvalue weighted by Gasteiger charge is -2.08. The Bertz CT molecular complexity index is 962. The Morgan fingerprint density at radius 2 is 1.93 bits per heavy atom. The van der Waals surface area contributed by atoms with E-state index >= 15 is 0 Å². The predicted molar refractivity (Wildman–Crippen MR) is 106 cm³/mol. The number of aromatic nitrogens is 3. The number of amides is 2. The summed E-state index contributed by atoms with van der Waals surface area (Å²) in [6.07, 6.45) is 5.11. The zero-order chi connectivity index (χ0) is 19.8. The number of rotatable bonds is 8. The summed E-state index contributed by atoms with van der Waals surface area (Å²) < 4.78 is 8.34.